The molecule has 3 N–H and O–H groups in total. The van der Waals surface area contributed by atoms with E-state index in [9.17, 15) is 13.6 Å². The first-order chi connectivity index (χ1) is 11.0. The average molecular weight is 321 g/mol. The second-order valence-electron chi connectivity index (χ2n) is 5.12. The number of halogens is 2. The maximum absolute atomic E-state index is 13.5. The summed E-state index contributed by atoms with van der Waals surface area (Å²) in [6.07, 6.45) is 0. The summed E-state index contributed by atoms with van der Waals surface area (Å²) in [5.74, 6) is -1.33. The van der Waals surface area contributed by atoms with Crippen LogP contribution in [0.1, 0.15) is 18.5 Å². The Morgan fingerprint density at radius 1 is 1.17 bits per heavy atom. The van der Waals surface area contributed by atoms with Gasteiger partial charge in [-0.3, -0.25) is 4.79 Å². The molecule has 0 aliphatic rings. The Labute approximate surface area is 133 Å². The normalized spacial score (nSPS) is 11.8. The van der Waals surface area contributed by atoms with E-state index in [2.05, 4.69) is 5.32 Å². The summed E-state index contributed by atoms with van der Waals surface area (Å²) >= 11 is 0. The second-order valence-corrected chi connectivity index (χ2v) is 5.12. The number of rotatable bonds is 6. The molecule has 0 unspecified atom stereocenters. The molecule has 0 aliphatic heterocycles. The van der Waals surface area contributed by atoms with E-state index >= 15 is 0 Å². The van der Waals surface area contributed by atoms with E-state index in [1.807, 2.05) is 31.2 Å². The molecule has 0 saturated heterocycles. The maximum Gasteiger partial charge on any atom is 0.279 e. The molecule has 0 aromatic heterocycles. The maximum atomic E-state index is 13.5. The largest absolute Gasteiger partial charge is 0.496 e. The summed E-state index contributed by atoms with van der Waals surface area (Å²) < 4.78 is 32.3. The summed E-state index contributed by atoms with van der Waals surface area (Å²) in [4.78, 5) is 11.9. The van der Waals surface area contributed by atoms with Gasteiger partial charge in [0.1, 0.15) is 29.1 Å². The molecule has 2 rings (SSSR count). The molecular formula is C17H19F2N2O2+. The van der Waals surface area contributed by atoms with Gasteiger partial charge >= 0.3 is 0 Å². The zero-order valence-electron chi connectivity index (χ0n) is 13.0. The van der Waals surface area contributed by atoms with Gasteiger partial charge < -0.3 is 15.4 Å². The quantitative estimate of drug-likeness (QED) is 0.857. The lowest BCUT2D eigenvalue weighted by atomic mass is 10.1. The predicted molar refractivity (Wildman–Crippen MR) is 83.2 cm³/mol. The lowest BCUT2D eigenvalue weighted by Gasteiger charge is -2.14. The molecule has 2 aromatic carbocycles. The summed E-state index contributed by atoms with van der Waals surface area (Å²) in [6.45, 7) is 1.96. The van der Waals surface area contributed by atoms with Crippen LogP contribution in [0, 0.1) is 11.6 Å². The molecule has 0 radical (unpaired) electrons. The highest BCUT2D eigenvalue weighted by atomic mass is 19.1. The highest BCUT2D eigenvalue weighted by molar-refractivity contribution is 5.91. The minimum absolute atomic E-state index is 0.0347. The van der Waals surface area contributed by atoms with Crippen molar-refractivity contribution in [2.24, 2.45) is 0 Å². The van der Waals surface area contributed by atoms with Gasteiger partial charge in [-0.1, -0.05) is 18.2 Å². The number of ether oxygens (including phenoxy) is 1. The Hall–Kier alpha value is -2.47. The lowest BCUT2D eigenvalue weighted by Crippen LogP contribution is -2.86. The number of carbonyl (C=O) groups is 1. The Morgan fingerprint density at radius 3 is 2.48 bits per heavy atom. The van der Waals surface area contributed by atoms with Gasteiger partial charge in [-0.2, -0.15) is 0 Å². The fraction of sp³-hybridized carbons (Fsp3) is 0.235. The minimum Gasteiger partial charge on any atom is -0.496 e. The second kappa shape index (κ2) is 7.69. The van der Waals surface area contributed by atoms with E-state index in [-0.39, 0.29) is 12.6 Å². The van der Waals surface area contributed by atoms with Gasteiger partial charge in [0.15, 0.2) is 6.54 Å². The van der Waals surface area contributed by atoms with Crippen LogP contribution in [0.3, 0.4) is 0 Å². The van der Waals surface area contributed by atoms with Crippen molar-refractivity contribution < 1.29 is 23.6 Å². The standard InChI is InChI=1S/C17H18F2N2O2/c1-11(12-6-3-4-9-15(12)23-2)20-10-16(22)21-17-13(18)7-5-8-14(17)19/h3-9,11,20H,10H2,1-2H3,(H,21,22)/p+1/t11-/m1/s1. The van der Waals surface area contributed by atoms with Crippen LogP contribution in [-0.4, -0.2) is 19.6 Å². The topological polar surface area (TPSA) is 54.9 Å². The van der Waals surface area contributed by atoms with E-state index < -0.39 is 23.2 Å². The van der Waals surface area contributed by atoms with Gasteiger partial charge in [-0.25, -0.2) is 8.78 Å². The van der Waals surface area contributed by atoms with Crippen molar-refractivity contribution in [3.05, 3.63) is 59.7 Å². The number of para-hydroxylation sites is 2. The van der Waals surface area contributed by atoms with E-state index in [1.54, 1.807) is 12.4 Å². The fourth-order valence-electron chi connectivity index (χ4n) is 2.26. The lowest BCUT2D eigenvalue weighted by molar-refractivity contribution is -0.682. The van der Waals surface area contributed by atoms with Crippen LogP contribution in [0.5, 0.6) is 5.75 Å². The molecule has 0 saturated carbocycles. The number of nitrogens with two attached hydrogens (primary N) is 1. The van der Waals surface area contributed by atoms with Crippen molar-refractivity contribution in [2.45, 2.75) is 13.0 Å². The number of benzene rings is 2. The van der Waals surface area contributed by atoms with Crippen LogP contribution in [-0.2, 0) is 4.79 Å². The number of carbonyl (C=O) groups excluding carboxylic acids is 1. The van der Waals surface area contributed by atoms with Crippen LogP contribution < -0.4 is 15.4 Å². The van der Waals surface area contributed by atoms with Crippen LogP contribution in [0.25, 0.3) is 0 Å². The Morgan fingerprint density at radius 2 is 1.83 bits per heavy atom. The zero-order chi connectivity index (χ0) is 16.8. The molecule has 4 nitrogen and oxygen atoms in total. The Balaban J connectivity index is 1.96. The van der Waals surface area contributed by atoms with Crippen molar-refractivity contribution >= 4 is 11.6 Å². The molecule has 6 heteroatoms. The van der Waals surface area contributed by atoms with Gasteiger partial charge in [-0.05, 0) is 31.2 Å². The van der Waals surface area contributed by atoms with Crippen LogP contribution >= 0.6 is 0 Å². The number of amides is 1. The molecule has 0 bridgehead atoms. The molecule has 2 aromatic rings. The first kappa shape index (κ1) is 16.9. The van der Waals surface area contributed by atoms with Gasteiger partial charge in [0.05, 0.1) is 12.7 Å². The van der Waals surface area contributed by atoms with Crippen molar-refractivity contribution in [2.75, 3.05) is 19.0 Å². The number of quaternary nitrogens is 1. The summed E-state index contributed by atoms with van der Waals surface area (Å²) in [5.41, 5.74) is 0.524. The summed E-state index contributed by atoms with van der Waals surface area (Å²) in [6, 6.07) is 10.9. The predicted octanol–water partition coefficient (Wildman–Crippen LogP) is 2.24. The molecule has 122 valence electrons. The van der Waals surface area contributed by atoms with Crippen molar-refractivity contribution in [3.63, 3.8) is 0 Å². The summed E-state index contributed by atoms with van der Waals surface area (Å²) in [7, 11) is 1.58. The van der Waals surface area contributed by atoms with Gasteiger partial charge in [0.25, 0.3) is 5.91 Å². The minimum atomic E-state index is -0.795. The van der Waals surface area contributed by atoms with Crippen LogP contribution in [0.4, 0.5) is 14.5 Å². The van der Waals surface area contributed by atoms with E-state index in [1.165, 1.54) is 6.07 Å². The number of methoxy groups -OCH3 is 1. The third-order valence-corrected chi connectivity index (χ3v) is 3.51. The molecule has 0 spiro atoms. The number of nitrogens with one attached hydrogen (secondary N) is 1. The fourth-order valence-corrected chi connectivity index (χ4v) is 2.26. The smallest absolute Gasteiger partial charge is 0.279 e. The highest BCUT2D eigenvalue weighted by Crippen LogP contribution is 2.22. The monoisotopic (exact) mass is 321 g/mol. The molecule has 0 aliphatic carbocycles. The van der Waals surface area contributed by atoms with Crippen molar-refractivity contribution in [1.82, 2.24) is 0 Å². The van der Waals surface area contributed by atoms with Crippen LogP contribution in [0.15, 0.2) is 42.5 Å². The summed E-state index contributed by atoms with van der Waals surface area (Å²) in [5, 5.41) is 4.03. The molecular weight excluding hydrogens is 302 g/mol. The molecule has 23 heavy (non-hydrogen) atoms. The molecule has 0 fully saturated rings. The third kappa shape index (κ3) is 4.26. The van der Waals surface area contributed by atoms with E-state index in [0.29, 0.717) is 0 Å². The van der Waals surface area contributed by atoms with Crippen LogP contribution in [0.2, 0.25) is 0 Å². The average Bonchev–Trinajstić information content (AvgIpc) is 2.56. The first-order valence-electron chi connectivity index (χ1n) is 7.23. The molecule has 0 heterocycles. The van der Waals surface area contributed by atoms with Crippen molar-refractivity contribution in [1.29, 1.82) is 0 Å². The van der Waals surface area contributed by atoms with Crippen molar-refractivity contribution in [3.8, 4) is 5.75 Å². The molecule has 1 amide bonds. The number of hydrogen-bond acceptors (Lipinski definition) is 2. The number of hydrogen-bond donors (Lipinski definition) is 2. The SMILES string of the molecule is COc1ccccc1[C@@H](C)[NH2+]CC(=O)Nc1c(F)cccc1F. The van der Waals surface area contributed by atoms with E-state index in [0.717, 1.165) is 23.4 Å². The Kier molecular flexibility index (Phi) is 5.65. The third-order valence-electron chi connectivity index (χ3n) is 3.51. The van der Waals surface area contributed by atoms with Gasteiger partial charge in [-0.15, -0.1) is 0 Å². The molecule has 1 atom stereocenters. The first-order valence-corrected chi connectivity index (χ1v) is 7.23. The Bertz CT molecular complexity index is 672. The van der Waals surface area contributed by atoms with Gasteiger partial charge in [0.2, 0.25) is 0 Å². The highest BCUT2D eigenvalue weighted by Gasteiger charge is 2.17. The zero-order valence-corrected chi connectivity index (χ0v) is 13.0. The van der Waals surface area contributed by atoms with E-state index in [4.69, 9.17) is 4.74 Å². The number of anilines is 1. The van der Waals surface area contributed by atoms with Gasteiger partial charge in [0, 0.05) is 0 Å².